The van der Waals surface area contributed by atoms with Crippen LogP contribution in [0.4, 0.5) is 0 Å². The Morgan fingerprint density at radius 3 is 2.89 bits per heavy atom. The molecule has 1 aliphatic rings. The van der Waals surface area contributed by atoms with E-state index in [9.17, 15) is 9.90 Å². The zero-order valence-corrected chi connectivity index (χ0v) is 11.6. The van der Waals surface area contributed by atoms with Gasteiger partial charge in [-0.15, -0.1) is 0 Å². The van der Waals surface area contributed by atoms with Crippen LogP contribution in [0.1, 0.15) is 38.1 Å². The maximum Gasteiger partial charge on any atom is 0.209 e. The third kappa shape index (κ3) is 2.87. The van der Waals surface area contributed by atoms with Crippen LogP contribution in [0.25, 0.3) is 0 Å². The lowest BCUT2D eigenvalue weighted by Crippen LogP contribution is -2.37. The smallest absolute Gasteiger partial charge is 0.209 e. The van der Waals surface area contributed by atoms with Gasteiger partial charge in [-0.3, -0.25) is 9.78 Å². The summed E-state index contributed by atoms with van der Waals surface area (Å²) >= 11 is 0. The minimum Gasteiger partial charge on any atom is -0.506 e. The summed E-state index contributed by atoms with van der Waals surface area (Å²) in [6.45, 7) is 7.57. The summed E-state index contributed by atoms with van der Waals surface area (Å²) in [4.78, 5) is 16.7. The number of carbonyl (C=O) groups excluding carboxylic acids is 1. The molecule has 19 heavy (non-hydrogen) atoms. The monoisotopic (exact) mass is 264 g/mol. The van der Waals surface area contributed by atoms with Crippen LogP contribution in [0.15, 0.2) is 12.3 Å². The van der Waals surface area contributed by atoms with Gasteiger partial charge in [0.15, 0.2) is 0 Å². The molecule has 2 heterocycles. The number of nitrogens with zero attached hydrogens (tertiary/aromatic N) is 2. The van der Waals surface area contributed by atoms with Crippen molar-refractivity contribution in [3.05, 3.63) is 23.5 Å². The molecular formula is C14H20N2O3. The lowest BCUT2D eigenvalue weighted by Gasteiger charge is -2.31. The molecule has 1 atom stereocenters. The highest BCUT2D eigenvalue weighted by atomic mass is 16.5. The number of carbonyl (C=O) groups is 1. The largest absolute Gasteiger partial charge is 0.506 e. The third-order valence-electron chi connectivity index (χ3n) is 3.31. The van der Waals surface area contributed by atoms with Crippen LogP contribution >= 0.6 is 0 Å². The molecule has 1 unspecified atom stereocenters. The van der Waals surface area contributed by atoms with Gasteiger partial charge < -0.3 is 14.7 Å². The molecule has 5 nitrogen and oxygen atoms in total. The molecule has 0 saturated carbocycles. The average molecular weight is 264 g/mol. The number of pyridine rings is 1. The van der Waals surface area contributed by atoms with Gasteiger partial charge in [-0.1, -0.05) is 20.8 Å². The second-order valence-corrected chi connectivity index (χ2v) is 5.80. The van der Waals surface area contributed by atoms with Gasteiger partial charge in [0.2, 0.25) is 6.41 Å². The van der Waals surface area contributed by atoms with Crippen LogP contribution in [0.5, 0.6) is 5.75 Å². The van der Waals surface area contributed by atoms with Gasteiger partial charge in [0.05, 0.1) is 13.2 Å². The first kappa shape index (κ1) is 13.8. The van der Waals surface area contributed by atoms with E-state index < -0.39 is 0 Å². The summed E-state index contributed by atoms with van der Waals surface area (Å²) in [6, 6.07) is 1.82. The average Bonchev–Trinajstić information content (AvgIpc) is 2.37. The molecule has 1 aromatic heterocycles. The van der Waals surface area contributed by atoms with E-state index in [2.05, 4.69) is 4.98 Å². The van der Waals surface area contributed by atoms with E-state index in [1.165, 1.54) is 0 Å². The Morgan fingerprint density at radius 1 is 1.53 bits per heavy atom. The molecule has 0 radical (unpaired) electrons. The highest BCUT2D eigenvalue weighted by Crippen LogP contribution is 2.36. The first-order chi connectivity index (χ1) is 8.93. The van der Waals surface area contributed by atoms with E-state index >= 15 is 0 Å². The molecule has 5 heteroatoms. The summed E-state index contributed by atoms with van der Waals surface area (Å²) in [5.41, 5.74) is 1.18. The molecule has 1 aromatic rings. The van der Waals surface area contributed by atoms with Crippen molar-refractivity contribution < 1.29 is 14.6 Å². The Balaban J connectivity index is 2.32. The zero-order valence-electron chi connectivity index (χ0n) is 11.6. The second-order valence-electron chi connectivity index (χ2n) is 5.80. The number of aromatic hydroxyl groups is 1. The molecule has 1 fully saturated rings. The first-order valence-corrected chi connectivity index (χ1v) is 6.43. The van der Waals surface area contributed by atoms with Gasteiger partial charge in [-0.2, -0.15) is 0 Å². The van der Waals surface area contributed by atoms with Gasteiger partial charge in [-0.05, 0) is 11.5 Å². The lowest BCUT2D eigenvalue weighted by molar-refractivity contribution is -0.125. The van der Waals surface area contributed by atoms with Crippen molar-refractivity contribution in [2.45, 2.75) is 32.3 Å². The number of hydrogen-bond donors (Lipinski definition) is 1. The summed E-state index contributed by atoms with van der Waals surface area (Å²) in [5.74, 6) is 0.174. The van der Waals surface area contributed by atoms with Gasteiger partial charge in [0.1, 0.15) is 17.5 Å². The number of amides is 1. The van der Waals surface area contributed by atoms with Gasteiger partial charge in [0, 0.05) is 18.3 Å². The SMILES string of the molecule is CC(C)(C)c1ccnc(C2CN(C=O)CCO2)c1O. The van der Waals surface area contributed by atoms with Crippen molar-refractivity contribution in [2.24, 2.45) is 0 Å². The van der Waals surface area contributed by atoms with Crippen LogP contribution in [-0.4, -0.2) is 41.1 Å². The quantitative estimate of drug-likeness (QED) is 0.824. The molecule has 0 bridgehead atoms. The van der Waals surface area contributed by atoms with E-state index in [4.69, 9.17) is 4.74 Å². The predicted molar refractivity (Wildman–Crippen MR) is 70.9 cm³/mol. The molecule has 1 amide bonds. The molecule has 0 aromatic carbocycles. The standard InChI is InChI=1S/C14H20N2O3/c1-14(2,3)10-4-5-15-12(13(10)18)11-8-16(9-17)6-7-19-11/h4-5,9,11,18H,6-8H2,1-3H3. The zero-order chi connectivity index (χ0) is 14.0. The van der Waals surface area contributed by atoms with Crippen molar-refractivity contribution in [2.75, 3.05) is 19.7 Å². The topological polar surface area (TPSA) is 62.7 Å². The van der Waals surface area contributed by atoms with E-state index in [1.54, 1.807) is 11.1 Å². The fourth-order valence-electron chi connectivity index (χ4n) is 2.24. The van der Waals surface area contributed by atoms with Crippen LogP contribution in [0.3, 0.4) is 0 Å². The molecule has 0 spiro atoms. The van der Waals surface area contributed by atoms with Gasteiger partial charge in [-0.25, -0.2) is 0 Å². The van der Waals surface area contributed by atoms with Crippen molar-refractivity contribution in [3.63, 3.8) is 0 Å². The fourth-order valence-corrected chi connectivity index (χ4v) is 2.24. The van der Waals surface area contributed by atoms with Gasteiger partial charge >= 0.3 is 0 Å². The maximum absolute atomic E-state index is 10.8. The Hall–Kier alpha value is -1.62. The Kier molecular flexibility index (Phi) is 3.75. The summed E-state index contributed by atoms with van der Waals surface area (Å²) < 4.78 is 5.62. The predicted octanol–water partition coefficient (Wildman–Crippen LogP) is 1.61. The Morgan fingerprint density at radius 2 is 2.26 bits per heavy atom. The molecule has 0 aliphatic carbocycles. The maximum atomic E-state index is 10.8. The van der Waals surface area contributed by atoms with Crippen molar-refractivity contribution in [1.82, 2.24) is 9.88 Å². The molecular weight excluding hydrogens is 244 g/mol. The normalized spacial score (nSPS) is 20.4. The number of ether oxygens (including phenoxy) is 1. The van der Waals surface area contributed by atoms with E-state index in [-0.39, 0.29) is 17.3 Å². The molecule has 1 N–H and O–H groups in total. The summed E-state index contributed by atoms with van der Waals surface area (Å²) in [6.07, 6.45) is 2.13. The van der Waals surface area contributed by atoms with Gasteiger partial charge in [0.25, 0.3) is 0 Å². The fraction of sp³-hybridized carbons (Fsp3) is 0.571. The molecule has 104 valence electrons. The van der Waals surface area contributed by atoms with Crippen LogP contribution in [0, 0.1) is 0 Å². The van der Waals surface area contributed by atoms with Crippen LogP contribution < -0.4 is 0 Å². The second kappa shape index (κ2) is 5.17. The lowest BCUT2D eigenvalue weighted by atomic mass is 9.86. The third-order valence-corrected chi connectivity index (χ3v) is 3.31. The molecule has 2 rings (SSSR count). The van der Waals surface area contributed by atoms with E-state index in [0.717, 1.165) is 12.0 Å². The van der Waals surface area contributed by atoms with Crippen LogP contribution in [-0.2, 0) is 14.9 Å². The minimum absolute atomic E-state index is 0.166. The van der Waals surface area contributed by atoms with Crippen molar-refractivity contribution in [1.29, 1.82) is 0 Å². The number of aromatic nitrogens is 1. The van der Waals surface area contributed by atoms with Crippen molar-refractivity contribution >= 4 is 6.41 Å². The Labute approximate surface area is 113 Å². The highest BCUT2D eigenvalue weighted by Gasteiger charge is 2.28. The summed E-state index contributed by atoms with van der Waals surface area (Å²) in [7, 11) is 0. The minimum atomic E-state index is -0.360. The molecule has 1 aliphatic heterocycles. The summed E-state index contributed by atoms with van der Waals surface area (Å²) in [5, 5.41) is 10.4. The number of morpholine rings is 1. The molecule has 1 saturated heterocycles. The number of rotatable bonds is 2. The van der Waals surface area contributed by atoms with Crippen LogP contribution in [0.2, 0.25) is 0 Å². The van der Waals surface area contributed by atoms with E-state index in [0.29, 0.717) is 25.4 Å². The Bertz CT molecular complexity index is 468. The highest BCUT2D eigenvalue weighted by molar-refractivity contribution is 5.48. The first-order valence-electron chi connectivity index (χ1n) is 6.43. The number of hydrogen-bond acceptors (Lipinski definition) is 4. The van der Waals surface area contributed by atoms with E-state index in [1.807, 2.05) is 26.8 Å². The van der Waals surface area contributed by atoms with Crippen molar-refractivity contribution in [3.8, 4) is 5.75 Å².